The number of fused-ring (bicyclic) bond motifs is 2. The van der Waals surface area contributed by atoms with Gasteiger partial charge in [0.2, 0.25) is 0 Å². The van der Waals surface area contributed by atoms with Crippen LogP contribution in [-0.2, 0) is 0 Å². The van der Waals surface area contributed by atoms with Crippen molar-refractivity contribution in [1.82, 2.24) is 0 Å². The lowest BCUT2D eigenvalue weighted by Gasteiger charge is -2.21. The lowest BCUT2D eigenvalue weighted by Crippen LogP contribution is -1.93. The monoisotopic (exact) mass is 244 g/mol. The summed E-state index contributed by atoms with van der Waals surface area (Å²) in [6, 6.07) is 13.1. The molecule has 0 aliphatic carbocycles. The van der Waals surface area contributed by atoms with Crippen LogP contribution in [0.15, 0.2) is 56.0 Å². The third-order valence-electron chi connectivity index (χ3n) is 2.78. The Balaban J connectivity index is 2.17. The van der Waals surface area contributed by atoms with Crippen LogP contribution in [0.5, 0.6) is 0 Å². The van der Waals surface area contributed by atoms with E-state index in [-0.39, 0.29) is 0 Å². The molecule has 0 spiro atoms. The molecule has 80 valence electrons. The Morgan fingerprint density at radius 1 is 0.688 bits per heavy atom. The van der Waals surface area contributed by atoms with E-state index in [1.165, 1.54) is 30.7 Å². The topological polar surface area (TPSA) is 0 Å². The van der Waals surface area contributed by atoms with E-state index < -0.39 is 0 Å². The molecular weight excluding hydrogens is 232 g/mol. The highest BCUT2D eigenvalue weighted by Crippen LogP contribution is 2.50. The summed E-state index contributed by atoms with van der Waals surface area (Å²) in [5.74, 6) is 0. The van der Waals surface area contributed by atoms with Crippen molar-refractivity contribution in [1.29, 1.82) is 0 Å². The third kappa shape index (κ3) is 1.57. The van der Waals surface area contributed by atoms with Gasteiger partial charge >= 0.3 is 0 Å². The fourth-order valence-electron chi connectivity index (χ4n) is 1.89. The molecule has 0 nitrogen and oxygen atoms in total. The quantitative estimate of drug-likeness (QED) is 0.550. The minimum absolute atomic E-state index is 1.38. The summed E-state index contributed by atoms with van der Waals surface area (Å²) in [7, 11) is 0. The minimum Gasteiger partial charge on any atom is -0.0877 e. The van der Waals surface area contributed by atoms with Gasteiger partial charge in [-0.1, -0.05) is 47.8 Å². The van der Waals surface area contributed by atoms with Crippen LogP contribution in [0.3, 0.4) is 0 Å². The summed E-state index contributed by atoms with van der Waals surface area (Å²) in [5.41, 5.74) is 2.76. The average Bonchev–Trinajstić information content (AvgIpc) is 2.28. The number of hydrogen-bond acceptors (Lipinski definition) is 2. The van der Waals surface area contributed by atoms with Crippen LogP contribution in [0.4, 0.5) is 0 Å². The third-order valence-corrected chi connectivity index (χ3v) is 5.65. The van der Waals surface area contributed by atoms with Gasteiger partial charge in [-0.15, -0.1) is 0 Å². The zero-order valence-electron chi connectivity index (χ0n) is 9.28. The molecule has 0 amide bonds. The summed E-state index contributed by atoms with van der Waals surface area (Å²) in [6.45, 7) is 4.38. The van der Waals surface area contributed by atoms with Gasteiger partial charge in [-0.2, -0.15) is 0 Å². The van der Waals surface area contributed by atoms with E-state index in [0.717, 1.165) is 0 Å². The summed E-state index contributed by atoms with van der Waals surface area (Å²) in [6.07, 6.45) is 0. The molecule has 1 aliphatic rings. The first-order valence-electron chi connectivity index (χ1n) is 5.30. The van der Waals surface area contributed by atoms with Crippen LogP contribution in [0.1, 0.15) is 11.1 Å². The molecule has 0 aromatic heterocycles. The molecule has 0 N–H and O–H groups in total. The fraction of sp³-hybridized carbons (Fsp3) is 0.143. The largest absolute Gasteiger partial charge is 0.0877 e. The second-order valence-corrected chi connectivity index (χ2v) is 6.11. The Bertz CT molecular complexity index is 509. The zero-order chi connectivity index (χ0) is 11.1. The predicted molar refractivity (Wildman–Crippen MR) is 70.6 cm³/mol. The van der Waals surface area contributed by atoms with Gasteiger partial charge in [0, 0.05) is 19.6 Å². The summed E-state index contributed by atoms with van der Waals surface area (Å²) < 4.78 is 0. The second-order valence-electron chi connectivity index (χ2n) is 4.01. The van der Waals surface area contributed by atoms with Crippen LogP contribution in [-0.4, -0.2) is 0 Å². The summed E-state index contributed by atoms with van der Waals surface area (Å²) in [4.78, 5) is 5.63. The molecule has 2 aromatic rings. The highest BCUT2D eigenvalue weighted by molar-refractivity contribution is 8.05. The smallest absolute Gasteiger partial charge is 0.0291 e. The van der Waals surface area contributed by atoms with Gasteiger partial charge in [0.15, 0.2) is 0 Å². The van der Waals surface area contributed by atoms with Gasteiger partial charge in [0.05, 0.1) is 0 Å². The van der Waals surface area contributed by atoms with Crippen LogP contribution in [0.25, 0.3) is 0 Å². The van der Waals surface area contributed by atoms with Gasteiger partial charge in [0.1, 0.15) is 0 Å². The Morgan fingerprint density at radius 3 is 1.69 bits per heavy atom. The Kier molecular flexibility index (Phi) is 2.49. The minimum atomic E-state index is 1.38. The normalized spacial score (nSPS) is 13.1. The molecule has 1 heterocycles. The van der Waals surface area contributed by atoms with Gasteiger partial charge in [-0.25, -0.2) is 0 Å². The van der Waals surface area contributed by atoms with Crippen molar-refractivity contribution in [2.75, 3.05) is 0 Å². The lowest BCUT2D eigenvalue weighted by molar-refractivity contribution is 1.09. The molecule has 16 heavy (non-hydrogen) atoms. The van der Waals surface area contributed by atoms with E-state index in [9.17, 15) is 0 Å². The van der Waals surface area contributed by atoms with Crippen LogP contribution < -0.4 is 0 Å². The molecule has 2 aromatic carbocycles. The van der Waals surface area contributed by atoms with Crippen LogP contribution >= 0.6 is 23.5 Å². The maximum Gasteiger partial charge on any atom is 0.0291 e. The molecule has 0 saturated carbocycles. The zero-order valence-corrected chi connectivity index (χ0v) is 10.9. The lowest BCUT2D eigenvalue weighted by atomic mass is 10.2. The molecule has 0 fully saturated rings. The van der Waals surface area contributed by atoms with Gasteiger partial charge < -0.3 is 0 Å². The number of hydrogen-bond donors (Lipinski definition) is 0. The second kappa shape index (κ2) is 3.86. The van der Waals surface area contributed by atoms with E-state index in [4.69, 9.17) is 0 Å². The Hall–Kier alpha value is -0.860. The molecule has 2 heteroatoms. The maximum atomic E-state index is 2.21. The van der Waals surface area contributed by atoms with E-state index in [1.807, 2.05) is 23.5 Å². The number of benzene rings is 2. The van der Waals surface area contributed by atoms with Gasteiger partial charge in [-0.3, -0.25) is 0 Å². The van der Waals surface area contributed by atoms with Crippen molar-refractivity contribution in [3.63, 3.8) is 0 Å². The van der Waals surface area contributed by atoms with Crippen molar-refractivity contribution in [2.45, 2.75) is 33.4 Å². The Labute approximate surface area is 104 Å². The van der Waals surface area contributed by atoms with E-state index in [1.54, 1.807) is 0 Å². The highest BCUT2D eigenvalue weighted by Gasteiger charge is 2.19. The first-order chi connectivity index (χ1) is 7.75. The molecule has 0 bridgehead atoms. The van der Waals surface area contributed by atoms with Crippen molar-refractivity contribution in [3.8, 4) is 0 Å². The maximum absolute atomic E-state index is 2.21. The van der Waals surface area contributed by atoms with Gasteiger partial charge in [0.25, 0.3) is 0 Å². The van der Waals surface area contributed by atoms with Crippen molar-refractivity contribution < 1.29 is 0 Å². The molecule has 1 aliphatic heterocycles. The SMILES string of the molecule is Cc1cccc2c1Sc1c(C)cccc1S2. The van der Waals surface area contributed by atoms with E-state index in [0.29, 0.717) is 0 Å². The van der Waals surface area contributed by atoms with Crippen molar-refractivity contribution >= 4 is 23.5 Å². The predicted octanol–water partition coefficient (Wildman–Crippen LogP) is 4.92. The molecule has 0 radical (unpaired) electrons. The highest BCUT2D eigenvalue weighted by atomic mass is 32.2. The summed E-state index contributed by atoms with van der Waals surface area (Å²) >= 11 is 3.80. The number of aryl methyl sites for hydroxylation is 2. The van der Waals surface area contributed by atoms with Crippen LogP contribution in [0, 0.1) is 13.8 Å². The van der Waals surface area contributed by atoms with Crippen molar-refractivity contribution in [2.24, 2.45) is 0 Å². The summed E-state index contributed by atoms with van der Waals surface area (Å²) in [5, 5.41) is 0. The standard InChI is InChI=1S/C14H12S2/c1-9-5-3-7-11-13(9)16-14-10(2)6-4-8-12(14)15-11/h3-8H,1-2H3. The molecule has 0 atom stereocenters. The van der Waals surface area contributed by atoms with Crippen molar-refractivity contribution in [3.05, 3.63) is 47.5 Å². The van der Waals surface area contributed by atoms with Crippen LogP contribution in [0.2, 0.25) is 0 Å². The first-order valence-corrected chi connectivity index (χ1v) is 6.94. The van der Waals surface area contributed by atoms with Gasteiger partial charge in [-0.05, 0) is 37.1 Å². The molecular formula is C14H12S2. The number of rotatable bonds is 0. The first kappa shape index (κ1) is 10.3. The van der Waals surface area contributed by atoms with E-state index in [2.05, 4.69) is 50.2 Å². The van der Waals surface area contributed by atoms with E-state index >= 15 is 0 Å². The molecule has 3 rings (SSSR count). The average molecular weight is 244 g/mol. The molecule has 0 unspecified atom stereocenters. The fourth-order valence-corrected chi connectivity index (χ4v) is 4.43. The Morgan fingerprint density at radius 2 is 1.19 bits per heavy atom. The molecule has 0 saturated heterocycles.